The number of rotatable bonds is 0. The average molecular weight is 448 g/mol. The van der Waals surface area contributed by atoms with Gasteiger partial charge in [0.15, 0.2) is 0 Å². The molecule has 0 aliphatic heterocycles. The molecule has 0 spiro atoms. The Morgan fingerprint density at radius 2 is 1.25 bits per heavy atom. The zero-order chi connectivity index (χ0) is 2.00. The van der Waals surface area contributed by atoms with Gasteiger partial charge in [-0.3, -0.25) is 0 Å². The molecule has 0 unspecified atom stereocenters. The third-order valence-electron chi connectivity index (χ3n) is 0. The summed E-state index contributed by atoms with van der Waals surface area (Å²) in [6.45, 7) is 0. The van der Waals surface area contributed by atoms with Crippen LogP contribution >= 0.6 is 0 Å². The number of hydrogen-bond donors (Lipinski definition) is 0. The normalized spacial score (nSPS) is 1.00. The second-order valence-corrected chi connectivity index (χ2v) is 0. The molecule has 0 aliphatic carbocycles. The molecular weight excluding hydrogens is 448 g/mol. The van der Waals surface area contributed by atoms with Crippen LogP contribution in [0.15, 0.2) is 0 Å². The van der Waals surface area contributed by atoms with E-state index in [1.54, 1.807) is 0 Å². The maximum Gasteiger partial charge on any atom is 0 e. The summed E-state index contributed by atoms with van der Waals surface area (Å²) in [4.78, 5) is 0. The fourth-order valence-electron chi connectivity index (χ4n) is 0. The van der Waals surface area contributed by atoms with Gasteiger partial charge >= 0.3 is 27.5 Å². The third-order valence-corrected chi connectivity index (χ3v) is 0. The summed E-state index contributed by atoms with van der Waals surface area (Å²) in [5.41, 5.74) is 0. The molecule has 4 radical (unpaired) electrons. The van der Waals surface area contributed by atoms with Gasteiger partial charge < -0.3 is 0 Å². The molecule has 0 saturated heterocycles. The molecule has 0 N–H and O–H groups in total. The molecule has 0 rings (SSSR count). The van der Waals surface area contributed by atoms with Gasteiger partial charge in [0.25, 0.3) is 0 Å². The van der Waals surface area contributed by atoms with Crippen molar-refractivity contribution in [1.82, 2.24) is 0 Å². The largest absolute Gasteiger partial charge is 0 e. The van der Waals surface area contributed by atoms with Crippen LogP contribution in [0.1, 0.15) is 0 Å². The van der Waals surface area contributed by atoms with Crippen LogP contribution in [0.4, 0.5) is 0 Å². The first-order valence-corrected chi connectivity index (χ1v) is 1.60. The molecule has 0 heterocycles. The molecule has 14 valence electrons. The van der Waals surface area contributed by atoms with Crippen LogP contribution in [0.3, 0.4) is 0 Å². The maximum atomic E-state index is 8.36. The minimum Gasteiger partial charge on any atom is 0 e. The Hall–Kier alpha value is 4.06. The van der Waals surface area contributed by atoms with Crippen molar-refractivity contribution in [3.63, 3.8) is 0 Å². The van der Waals surface area contributed by atoms with Gasteiger partial charge in [-0.2, -0.15) is 0 Å². The van der Waals surface area contributed by atoms with Crippen LogP contribution in [-0.2, 0) is 2.81 Å². The van der Waals surface area contributed by atoms with E-state index < -0.39 is 0 Å². The van der Waals surface area contributed by atoms with E-state index in [2.05, 4.69) is 0 Å². The Labute approximate surface area is 130 Å². The minimum atomic E-state index is 0. The van der Waals surface area contributed by atoms with E-state index in [0.29, 0.717) is 0 Å². The molecular formula is BaBiORb. The molecule has 0 saturated carbocycles. The van der Waals surface area contributed by atoms with Gasteiger partial charge in [0, 0.05) is 107 Å². The second-order valence-electron chi connectivity index (χ2n) is 0. The Morgan fingerprint density at radius 1 is 1.25 bits per heavy atom. The molecule has 0 aromatic rings. The van der Waals surface area contributed by atoms with Crippen LogP contribution < -0.4 is 0 Å². The minimum absolute atomic E-state index is 0. The molecule has 0 aromatic heterocycles. The van der Waals surface area contributed by atoms with Gasteiger partial charge in [0.2, 0.25) is 0 Å². The smallest absolute Gasteiger partial charge is 0 e. The molecule has 4 heteroatoms. The summed E-state index contributed by atoms with van der Waals surface area (Å²) >= 11 is 0.194. The molecule has 0 bridgehead atoms. The summed E-state index contributed by atoms with van der Waals surface area (Å²) < 4.78 is 8.36. The summed E-state index contributed by atoms with van der Waals surface area (Å²) in [5.74, 6) is 0. The Bertz CT molecular complexity index is 8.00. The van der Waals surface area contributed by atoms with Crippen molar-refractivity contribution in [2.45, 2.75) is 0 Å². The van der Waals surface area contributed by atoms with E-state index in [-0.39, 0.29) is 132 Å². The Kier molecular flexibility index (Phi) is 61.7. The predicted octanol–water partition coefficient (Wildman–Crippen LogP) is -1.26. The van der Waals surface area contributed by atoms with E-state index in [4.69, 9.17) is 2.81 Å². The molecule has 0 fully saturated rings. The Morgan fingerprint density at radius 3 is 1.25 bits per heavy atom. The van der Waals surface area contributed by atoms with Crippen molar-refractivity contribution < 1.29 is 2.81 Å². The van der Waals surface area contributed by atoms with E-state index in [1.165, 1.54) is 0 Å². The third kappa shape index (κ3) is 9.41. The first-order valence-electron chi connectivity index (χ1n) is 0.183. The fourth-order valence-corrected chi connectivity index (χ4v) is 0. The van der Waals surface area contributed by atoms with Gasteiger partial charge in [-0.15, -0.1) is 0 Å². The van der Waals surface area contributed by atoms with Crippen molar-refractivity contribution in [3.8, 4) is 0 Å². The summed E-state index contributed by atoms with van der Waals surface area (Å²) in [6.07, 6.45) is 0. The van der Waals surface area contributed by atoms with E-state index in [0.717, 1.165) is 0 Å². The van der Waals surface area contributed by atoms with Crippen LogP contribution in [0, 0.1) is 0 Å². The van der Waals surface area contributed by atoms with Crippen LogP contribution in [0.2, 0.25) is 0 Å². The molecule has 0 aliphatic rings. The van der Waals surface area contributed by atoms with Crippen molar-refractivity contribution in [2.24, 2.45) is 0 Å². The molecule has 1 nitrogen and oxygen atoms in total. The monoisotopic (exact) mass is 448 g/mol. The van der Waals surface area contributed by atoms with Crippen LogP contribution in [0.25, 0.3) is 0 Å². The maximum absolute atomic E-state index is 8.36. The van der Waals surface area contributed by atoms with Gasteiger partial charge in [-0.1, -0.05) is 0 Å². The summed E-state index contributed by atoms with van der Waals surface area (Å²) in [7, 11) is 0. The topological polar surface area (TPSA) is 17.1 Å². The molecule has 0 amide bonds. The summed E-state index contributed by atoms with van der Waals surface area (Å²) in [6, 6.07) is 0. The molecule has 4 heavy (non-hydrogen) atoms. The van der Waals surface area contributed by atoms with Crippen molar-refractivity contribution in [1.29, 1.82) is 0 Å². The van der Waals surface area contributed by atoms with Gasteiger partial charge in [0.1, 0.15) is 0 Å². The van der Waals surface area contributed by atoms with Crippen LogP contribution in [-0.4, -0.2) is 132 Å². The SMILES string of the molecule is [Ba].[O]=[Bi].[Rb]. The van der Waals surface area contributed by atoms with Crippen LogP contribution in [0.5, 0.6) is 0 Å². The Balaban J connectivity index is -0.00000000500. The zero-order valence-electron chi connectivity index (χ0n) is 2.56. The van der Waals surface area contributed by atoms with Crippen molar-refractivity contribution >= 4 is 132 Å². The zero-order valence-corrected chi connectivity index (χ0v) is 15.4. The predicted molar refractivity (Wildman–Crippen MR) is 17.9 cm³/mol. The standard InChI is InChI=1S/Ba.Bi.O.Rb. The van der Waals surface area contributed by atoms with Gasteiger partial charge in [-0.25, -0.2) is 0 Å². The van der Waals surface area contributed by atoms with Gasteiger partial charge in [0.05, 0.1) is 0 Å². The number of hydrogen-bond acceptors (Lipinski definition) is 1. The molecule has 0 aromatic carbocycles. The van der Waals surface area contributed by atoms with E-state index >= 15 is 0 Å². The molecule has 0 atom stereocenters. The average Bonchev–Trinajstić information content (AvgIpc) is 1.00. The fraction of sp³-hybridized carbons (Fsp3) is 0. The van der Waals surface area contributed by atoms with Crippen molar-refractivity contribution in [2.75, 3.05) is 0 Å². The van der Waals surface area contributed by atoms with E-state index in [9.17, 15) is 0 Å². The summed E-state index contributed by atoms with van der Waals surface area (Å²) in [5, 5.41) is 0. The first-order chi connectivity index (χ1) is 1.00. The van der Waals surface area contributed by atoms with Crippen molar-refractivity contribution in [3.05, 3.63) is 0 Å². The second kappa shape index (κ2) is 15.7. The van der Waals surface area contributed by atoms with E-state index in [1.807, 2.05) is 0 Å². The quantitative estimate of drug-likeness (QED) is 0.424. The first kappa shape index (κ1) is 15.7. The van der Waals surface area contributed by atoms with Gasteiger partial charge in [-0.05, 0) is 0 Å².